The molecule has 0 bridgehead atoms. The normalized spacial score (nSPS) is 16.8. The Hall–Kier alpha value is -2.13. The predicted molar refractivity (Wildman–Crippen MR) is 121 cm³/mol. The first kappa shape index (κ1) is 20.6. The number of ether oxygens (including phenoxy) is 1. The average molecular weight is 508 g/mol. The molecule has 2 aromatic carbocycles. The first-order chi connectivity index (χ1) is 13.5. The molecule has 0 aromatic heterocycles. The second-order valence-electron chi connectivity index (χ2n) is 5.82. The molecule has 0 saturated carbocycles. The number of carbonyl (C=O) groups excluding carboxylic acids is 1. The molecular weight excluding hydrogens is 490 g/mol. The van der Waals surface area contributed by atoms with Crippen LogP contribution in [0.15, 0.2) is 65.0 Å². The molecule has 0 aliphatic carbocycles. The van der Waals surface area contributed by atoms with Crippen LogP contribution in [0.3, 0.4) is 0 Å². The molecule has 4 nitrogen and oxygen atoms in total. The maximum Gasteiger partial charge on any atom is 0.266 e. The van der Waals surface area contributed by atoms with Gasteiger partial charge in [-0.2, -0.15) is 0 Å². The Morgan fingerprint density at radius 1 is 1.29 bits per heavy atom. The minimum atomic E-state index is -0.317. The van der Waals surface area contributed by atoms with Crippen molar-refractivity contribution in [3.63, 3.8) is 0 Å². The molecule has 1 saturated heterocycles. The predicted octanol–water partition coefficient (Wildman–Crippen LogP) is 5.62. The van der Waals surface area contributed by atoms with Crippen molar-refractivity contribution in [1.82, 2.24) is 4.90 Å². The summed E-state index contributed by atoms with van der Waals surface area (Å²) in [5, 5.41) is 0.589. The van der Waals surface area contributed by atoms with E-state index in [1.807, 2.05) is 31.2 Å². The highest BCUT2D eigenvalue weighted by Gasteiger charge is 2.32. The summed E-state index contributed by atoms with van der Waals surface area (Å²) in [4.78, 5) is 19.5. The van der Waals surface area contributed by atoms with Crippen molar-refractivity contribution in [1.29, 1.82) is 0 Å². The number of aliphatic imine (C=N–C) groups is 1. The van der Waals surface area contributed by atoms with Crippen molar-refractivity contribution in [3.8, 4) is 5.75 Å². The average Bonchev–Trinajstić information content (AvgIpc) is 2.97. The Balaban J connectivity index is 1.86. The van der Waals surface area contributed by atoms with E-state index in [1.165, 1.54) is 23.9 Å². The Morgan fingerprint density at radius 3 is 2.68 bits per heavy atom. The van der Waals surface area contributed by atoms with Crippen molar-refractivity contribution in [3.05, 3.63) is 75.0 Å². The molecule has 144 valence electrons. The molecule has 0 atom stereocenters. The van der Waals surface area contributed by atoms with Gasteiger partial charge in [0.05, 0.1) is 14.2 Å². The second kappa shape index (κ2) is 9.38. The number of hydrogen-bond donors (Lipinski definition) is 0. The fraction of sp³-hybridized carbons (Fsp3) is 0.143. The summed E-state index contributed by atoms with van der Waals surface area (Å²) in [5.74, 6) is 0.374. The third kappa shape index (κ3) is 4.82. The van der Waals surface area contributed by atoms with Crippen LogP contribution < -0.4 is 4.74 Å². The van der Waals surface area contributed by atoms with Crippen LogP contribution >= 0.6 is 34.4 Å². The van der Waals surface area contributed by atoms with Crippen molar-refractivity contribution < 1.29 is 13.9 Å². The van der Waals surface area contributed by atoms with E-state index < -0.39 is 0 Å². The maximum atomic E-state index is 13.1. The van der Waals surface area contributed by atoms with Crippen molar-refractivity contribution in [2.45, 2.75) is 6.92 Å². The van der Waals surface area contributed by atoms with Crippen molar-refractivity contribution >= 4 is 57.2 Å². The van der Waals surface area contributed by atoms with E-state index in [1.54, 1.807) is 23.1 Å². The molecule has 3 rings (SSSR count). The number of carbonyl (C=O) groups is 1. The molecular formula is C21H18FIN2O2S. The Bertz CT molecular complexity index is 957. The molecule has 1 aliphatic rings. The standard InChI is InChI=1S/C21H18FIN2O2S/c1-3-11-27-18-10-5-14(12-17(18)23)13-19-20(26)25(4-2)21(28-19)24-16-8-6-15(22)7-9-16/h3,5-10,12-13H,1,4,11H2,2H3/b19-13+,24-21?. The van der Waals surface area contributed by atoms with Crippen molar-refractivity contribution in [2.75, 3.05) is 13.2 Å². The van der Waals surface area contributed by atoms with Gasteiger partial charge in [-0.1, -0.05) is 18.7 Å². The zero-order chi connectivity index (χ0) is 20.1. The lowest BCUT2D eigenvalue weighted by Crippen LogP contribution is -2.28. The summed E-state index contributed by atoms with van der Waals surface area (Å²) in [6.07, 6.45) is 3.55. The molecule has 0 unspecified atom stereocenters. The number of rotatable bonds is 6. The van der Waals surface area contributed by atoms with Gasteiger partial charge in [-0.3, -0.25) is 9.69 Å². The van der Waals surface area contributed by atoms with Crippen LogP contribution in [0.2, 0.25) is 0 Å². The van der Waals surface area contributed by atoms with Crippen LogP contribution in [0.25, 0.3) is 6.08 Å². The molecule has 0 radical (unpaired) electrons. The van der Waals surface area contributed by atoms with Crippen LogP contribution in [0.5, 0.6) is 5.75 Å². The summed E-state index contributed by atoms with van der Waals surface area (Å²) in [6.45, 7) is 6.50. The highest BCUT2D eigenvalue weighted by molar-refractivity contribution is 14.1. The van der Waals surface area contributed by atoms with Gasteiger partial charge in [-0.05, 0) is 89.3 Å². The van der Waals surface area contributed by atoms with E-state index in [4.69, 9.17) is 4.74 Å². The van der Waals surface area contributed by atoms with E-state index in [9.17, 15) is 9.18 Å². The van der Waals surface area contributed by atoms with Crippen LogP contribution in [0.1, 0.15) is 12.5 Å². The van der Waals surface area contributed by atoms with Gasteiger partial charge in [-0.15, -0.1) is 0 Å². The van der Waals surface area contributed by atoms with Gasteiger partial charge < -0.3 is 4.74 Å². The lowest BCUT2D eigenvalue weighted by atomic mass is 10.2. The van der Waals surface area contributed by atoms with Crippen LogP contribution in [-0.4, -0.2) is 29.1 Å². The third-order valence-corrected chi connectivity index (χ3v) is 5.72. The number of amides is 1. The summed E-state index contributed by atoms with van der Waals surface area (Å²) in [7, 11) is 0. The molecule has 2 aromatic rings. The quantitative estimate of drug-likeness (QED) is 0.289. The Labute approximate surface area is 181 Å². The van der Waals surface area contributed by atoms with E-state index in [0.717, 1.165) is 14.9 Å². The van der Waals surface area contributed by atoms with Gasteiger partial charge in [0.15, 0.2) is 5.17 Å². The first-order valence-corrected chi connectivity index (χ1v) is 10.5. The van der Waals surface area contributed by atoms with Gasteiger partial charge in [0.1, 0.15) is 18.2 Å². The van der Waals surface area contributed by atoms with Crippen molar-refractivity contribution in [2.24, 2.45) is 4.99 Å². The lowest BCUT2D eigenvalue weighted by Gasteiger charge is -2.11. The van der Waals surface area contributed by atoms with Crippen LogP contribution in [-0.2, 0) is 4.79 Å². The smallest absolute Gasteiger partial charge is 0.266 e. The molecule has 1 heterocycles. The summed E-state index contributed by atoms with van der Waals surface area (Å²) in [5.41, 5.74) is 1.51. The fourth-order valence-electron chi connectivity index (χ4n) is 2.52. The lowest BCUT2D eigenvalue weighted by molar-refractivity contribution is -0.122. The van der Waals surface area contributed by atoms with Gasteiger partial charge >= 0.3 is 0 Å². The Morgan fingerprint density at radius 2 is 2.04 bits per heavy atom. The molecule has 1 amide bonds. The number of nitrogens with zero attached hydrogens (tertiary/aromatic N) is 2. The maximum absolute atomic E-state index is 13.1. The topological polar surface area (TPSA) is 41.9 Å². The summed E-state index contributed by atoms with van der Waals surface area (Å²) < 4.78 is 19.6. The third-order valence-electron chi connectivity index (χ3n) is 3.87. The van der Waals surface area contributed by atoms with E-state index in [2.05, 4.69) is 34.2 Å². The fourth-order valence-corrected chi connectivity index (χ4v) is 4.28. The van der Waals surface area contributed by atoms with Gasteiger partial charge in [0, 0.05) is 6.54 Å². The summed E-state index contributed by atoms with van der Waals surface area (Å²) >= 11 is 3.52. The Kier molecular flexibility index (Phi) is 6.90. The van der Waals surface area contributed by atoms with Gasteiger partial charge in [0.25, 0.3) is 5.91 Å². The number of thioether (sulfide) groups is 1. The minimum Gasteiger partial charge on any atom is -0.488 e. The number of hydrogen-bond acceptors (Lipinski definition) is 4. The first-order valence-electron chi connectivity index (χ1n) is 8.60. The number of likely N-dealkylation sites (N-methyl/N-ethyl adjacent to an activating group) is 1. The zero-order valence-electron chi connectivity index (χ0n) is 15.2. The highest BCUT2D eigenvalue weighted by Crippen LogP contribution is 2.34. The van der Waals surface area contributed by atoms with E-state index >= 15 is 0 Å². The highest BCUT2D eigenvalue weighted by atomic mass is 127. The second-order valence-corrected chi connectivity index (χ2v) is 7.99. The minimum absolute atomic E-state index is 0.0876. The van der Waals surface area contributed by atoms with Gasteiger partial charge in [0.2, 0.25) is 0 Å². The molecule has 1 fully saturated rings. The van der Waals surface area contributed by atoms with Gasteiger partial charge in [-0.25, -0.2) is 9.38 Å². The number of amidine groups is 1. The zero-order valence-corrected chi connectivity index (χ0v) is 18.2. The van der Waals surface area contributed by atoms with E-state index in [-0.39, 0.29) is 11.7 Å². The van der Waals surface area contributed by atoms with Crippen LogP contribution in [0, 0.1) is 9.39 Å². The molecule has 0 spiro atoms. The molecule has 1 aliphatic heterocycles. The number of halogens is 2. The van der Waals surface area contributed by atoms with E-state index in [0.29, 0.717) is 28.9 Å². The SMILES string of the molecule is C=CCOc1ccc(/C=C2/SC(=Nc3ccc(F)cc3)N(CC)C2=O)cc1I. The monoisotopic (exact) mass is 508 g/mol. The molecule has 7 heteroatoms. The number of benzene rings is 2. The summed E-state index contributed by atoms with van der Waals surface area (Å²) in [6, 6.07) is 11.6. The molecule has 28 heavy (non-hydrogen) atoms. The molecule has 0 N–H and O–H groups in total. The largest absolute Gasteiger partial charge is 0.488 e. The van der Waals surface area contributed by atoms with Crippen LogP contribution in [0.4, 0.5) is 10.1 Å².